The standard InChI is InChI=1S/C45H94N2O8/c1-38(52-29-25-48-21-17-42(5,6)7)33-46(34-39(2)53-30-26-49-22-18-43(8,9)10)37-47(35-40(3)54-31-27-50-23-19-44(11,12)13)36-41(4)55-32-28-51-24-20-45(14,15)16/h38-41H,17-37H2,1-16H3. The zero-order valence-electron chi connectivity index (χ0n) is 39.3. The van der Waals surface area contributed by atoms with Crippen molar-refractivity contribution in [1.82, 2.24) is 9.80 Å². The van der Waals surface area contributed by atoms with Gasteiger partial charge in [-0.2, -0.15) is 0 Å². The molecule has 0 saturated heterocycles. The summed E-state index contributed by atoms with van der Waals surface area (Å²) in [6, 6.07) is 0. The molecule has 0 aliphatic heterocycles. The third-order valence-electron chi connectivity index (χ3n) is 8.97. The Morgan fingerprint density at radius 3 is 0.691 bits per heavy atom. The summed E-state index contributed by atoms with van der Waals surface area (Å²) in [5, 5.41) is 0. The predicted octanol–water partition coefficient (Wildman–Crippen LogP) is 8.98. The molecule has 0 aromatic carbocycles. The monoisotopic (exact) mass is 791 g/mol. The molecule has 0 saturated carbocycles. The van der Waals surface area contributed by atoms with Gasteiger partial charge < -0.3 is 37.9 Å². The van der Waals surface area contributed by atoms with Crippen molar-refractivity contribution in [3.63, 3.8) is 0 Å². The van der Waals surface area contributed by atoms with E-state index in [0.717, 1.165) is 85.0 Å². The molecule has 0 aliphatic carbocycles. The molecule has 0 rings (SSSR count). The van der Waals surface area contributed by atoms with Crippen LogP contribution in [0.3, 0.4) is 0 Å². The van der Waals surface area contributed by atoms with Crippen molar-refractivity contribution < 1.29 is 37.9 Å². The van der Waals surface area contributed by atoms with E-state index in [1.165, 1.54) is 0 Å². The van der Waals surface area contributed by atoms with E-state index in [1.54, 1.807) is 0 Å². The van der Waals surface area contributed by atoms with Crippen LogP contribution in [0.4, 0.5) is 0 Å². The SMILES string of the molecule is CC(CN(CC(C)OCCOCCC(C)(C)C)CN(CC(C)OCCOCCC(C)(C)C)CC(C)OCCOCCC(C)(C)C)OCCOCCC(C)(C)C. The van der Waals surface area contributed by atoms with Crippen LogP contribution in [-0.4, -0.2) is 146 Å². The molecule has 0 aromatic heterocycles. The first-order valence-electron chi connectivity index (χ1n) is 21.7. The largest absolute Gasteiger partial charge is 0.379 e. The molecule has 0 heterocycles. The summed E-state index contributed by atoms with van der Waals surface area (Å²) in [5.74, 6) is 0. The van der Waals surface area contributed by atoms with E-state index in [-0.39, 0.29) is 46.1 Å². The Morgan fingerprint density at radius 2 is 0.509 bits per heavy atom. The molecule has 4 unspecified atom stereocenters. The van der Waals surface area contributed by atoms with Crippen molar-refractivity contribution >= 4 is 0 Å². The van der Waals surface area contributed by atoms with Gasteiger partial charge in [-0.3, -0.25) is 9.80 Å². The predicted molar refractivity (Wildman–Crippen MR) is 229 cm³/mol. The van der Waals surface area contributed by atoms with Crippen molar-refractivity contribution in [3.8, 4) is 0 Å². The first-order valence-corrected chi connectivity index (χ1v) is 21.7. The topological polar surface area (TPSA) is 80.3 Å². The molecule has 0 amide bonds. The molecule has 0 N–H and O–H groups in total. The Labute approximate surface area is 341 Å². The molecule has 4 atom stereocenters. The highest BCUT2D eigenvalue weighted by atomic mass is 16.5. The minimum atomic E-state index is 0.0267. The molecular weight excluding hydrogens is 697 g/mol. The van der Waals surface area contributed by atoms with Gasteiger partial charge in [0, 0.05) is 52.6 Å². The maximum absolute atomic E-state index is 6.27. The van der Waals surface area contributed by atoms with Crippen LogP contribution in [0.1, 0.15) is 136 Å². The average Bonchev–Trinajstić information content (AvgIpc) is 3.01. The second kappa shape index (κ2) is 29.8. The van der Waals surface area contributed by atoms with Gasteiger partial charge in [-0.1, -0.05) is 83.1 Å². The Bertz CT molecular complexity index is 742. The molecule has 10 nitrogen and oxygen atoms in total. The Hall–Kier alpha value is -0.400. The highest BCUT2D eigenvalue weighted by molar-refractivity contribution is 4.72. The molecule has 0 aliphatic rings. The molecule has 0 spiro atoms. The number of ether oxygens (including phenoxy) is 8. The summed E-state index contributed by atoms with van der Waals surface area (Å²) in [7, 11) is 0. The Morgan fingerprint density at radius 1 is 0.309 bits per heavy atom. The summed E-state index contributed by atoms with van der Waals surface area (Å²) in [6.45, 7) is 47.0. The van der Waals surface area contributed by atoms with Crippen LogP contribution >= 0.6 is 0 Å². The first kappa shape index (κ1) is 54.6. The van der Waals surface area contributed by atoms with Gasteiger partial charge in [0.1, 0.15) is 0 Å². The van der Waals surface area contributed by atoms with Crippen LogP contribution in [0, 0.1) is 21.7 Å². The van der Waals surface area contributed by atoms with Crippen molar-refractivity contribution in [1.29, 1.82) is 0 Å². The number of nitrogens with zero attached hydrogens (tertiary/aromatic N) is 2. The fraction of sp³-hybridized carbons (Fsp3) is 1.00. The van der Waals surface area contributed by atoms with Crippen molar-refractivity contribution in [2.75, 3.05) is 112 Å². The maximum atomic E-state index is 6.27. The van der Waals surface area contributed by atoms with Crippen LogP contribution in [-0.2, 0) is 37.9 Å². The fourth-order valence-corrected chi connectivity index (χ4v) is 5.48. The van der Waals surface area contributed by atoms with Gasteiger partial charge in [0.15, 0.2) is 0 Å². The lowest BCUT2D eigenvalue weighted by Gasteiger charge is -2.36. The van der Waals surface area contributed by atoms with Gasteiger partial charge in [0.05, 0.1) is 83.9 Å². The lowest BCUT2D eigenvalue weighted by Crippen LogP contribution is -2.49. The molecule has 0 radical (unpaired) electrons. The van der Waals surface area contributed by atoms with E-state index in [4.69, 9.17) is 37.9 Å². The molecule has 10 heteroatoms. The number of rotatable bonds is 34. The second-order valence-electron chi connectivity index (χ2n) is 20.6. The maximum Gasteiger partial charge on any atom is 0.0704 e. The summed E-state index contributed by atoms with van der Waals surface area (Å²) < 4.78 is 48.6. The average molecular weight is 791 g/mol. The molecule has 0 aromatic rings. The summed E-state index contributed by atoms with van der Waals surface area (Å²) in [4.78, 5) is 4.89. The van der Waals surface area contributed by atoms with E-state index < -0.39 is 0 Å². The molecule has 332 valence electrons. The molecule has 0 bridgehead atoms. The third kappa shape index (κ3) is 40.2. The Balaban J connectivity index is 5.49. The Kier molecular flexibility index (Phi) is 29.5. The van der Waals surface area contributed by atoms with Gasteiger partial charge in [-0.15, -0.1) is 0 Å². The van der Waals surface area contributed by atoms with Gasteiger partial charge in [0.2, 0.25) is 0 Å². The van der Waals surface area contributed by atoms with E-state index in [1.807, 2.05) is 0 Å². The highest BCUT2D eigenvalue weighted by Crippen LogP contribution is 2.20. The van der Waals surface area contributed by atoms with Gasteiger partial charge >= 0.3 is 0 Å². The fourth-order valence-electron chi connectivity index (χ4n) is 5.48. The van der Waals surface area contributed by atoms with E-state index >= 15 is 0 Å². The van der Waals surface area contributed by atoms with Gasteiger partial charge in [0.25, 0.3) is 0 Å². The minimum Gasteiger partial charge on any atom is -0.379 e. The van der Waals surface area contributed by atoms with Crippen LogP contribution in [0.2, 0.25) is 0 Å². The number of hydrogen-bond acceptors (Lipinski definition) is 10. The molecule has 55 heavy (non-hydrogen) atoms. The summed E-state index contributed by atoms with van der Waals surface area (Å²) >= 11 is 0. The smallest absolute Gasteiger partial charge is 0.0704 e. The van der Waals surface area contributed by atoms with E-state index in [0.29, 0.717) is 52.9 Å². The van der Waals surface area contributed by atoms with Gasteiger partial charge in [-0.05, 0) is 75.0 Å². The summed E-state index contributed by atoms with van der Waals surface area (Å²) in [6.07, 6.45) is 4.24. The zero-order valence-corrected chi connectivity index (χ0v) is 39.3. The van der Waals surface area contributed by atoms with Crippen molar-refractivity contribution in [3.05, 3.63) is 0 Å². The van der Waals surface area contributed by atoms with Crippen molar-refractivity contribution in [2.24, 2.45) is 21.7 Å². The minimum absolute atomic E-state index is 0.0267. The third-order valence-corrected chi connectivity index (χ3v) is 8.97. The zero-order chi connectivity index (χ0) is 42.0. The van der Waals surface area contributed by atoms with Crippen LogP contribution in [0.15, 0.2) is 0 Å². The normalized spacial score (nSPS) is 15.6. The quantitative estimate of drug-likeness (QED) is 0.0466. The van der Waals surface area contributed by atoms with Crippen LogP contribution in [0.25, 0.3) is 0 Å². The lowest BCUT2D eigenvalue weighted by molar-refractivity contribution is -0.0565. The highest BCUT2D eigenvalue weighted by Gasteiger charge is 2.22. The van der Waals surface area contributed by atoms with Crippen LogP contribution in [0.5, 0.6) is 0 Å². The molecular formula is C45H94N2O8. The van der Waals surface area contributed by atoms with Gasteiger partial charge in [-0.25, -0.2) is 0 Å². The first-order chi connectivity index (χ1) is 25.4. The van der Waals surface area contributed by atoms with Crippen molar-refractivity contribution in [2.45, 2.75) is 161 Å². The van der Waals surface area contributed by atoms with Crippen LogP contribution < -0.4 is 0 Å². The summed E-state index contributed by atoms with van der Waals surface area (Å²) in [5.41, 5.74) is 1.07. The van der Waals surface area contributed by atoms with E-state index in [2.05, 4.69) is 121 Å². The molecule has 0 fully saturated rings. The second-order valence-corrected chi connectivity index (χ2v) is 20.6. The van der Waals surface area contributed by atoms with E-state index in [9.17, 15) is 0 Å². The number of hydrogen-bond donors (Lipinski definition) is 0. The lowest BCUT2D eigenvalue weighted by atomic mass is 9.93.